The molecule has 0 saturated heterocycles. The molecule has 0 aliphatic rings. The van der Waals surface area contributed by atoms with Crippen LogP contribution in [0.15, 0.2) is 41.7 Å². The maximum absolute atomic E-state index is 11.8. The van der Waals surface area contributed by atoms with Crippen molar-refractivity contribution in [1.29, 1.82) is 0 Å². The van der Waals surface area contributed by atoms with Gasteiger partial charge in [-0.25, -0.2) is 4.98 Å². The average molecular weight is 258 g/mol. The van der Waals surface area contributed by atoms with Gasteiger partial charge in [-0.3, -0.25) is 19.1 Å². The third-order valence-electron chi connectivity index (χ3n) is 2.56. The van der Waals surface area contributed by atoms with Crippen LogP contribution in [0.3, 0.4) is 0 Å². The van der Waals surface area contributed by atoms with Gasteiger partial charge in [0.05, 0.1) is 18.2 Å². The number of hydrogen-bond acceptors (Lipinski definition) is 4. The molecule has 0 saturated carbocycles. The van der Waals surface area contributed by atoms with Crippen LogP contribution in [0, 0.1) is 0 Å². The fourth-order valence-corrected chi connectivity index (χ4v) is 1.57. The van der Waals surface area contributed by atoms with Crippen LogP contribution in [0.25, 0.3) is 0 Å². The van der Waals surface area contributed by atoms with Gasteiger partial charge in [-0.2, -0.15) is 0 Å². The Labute approximate surface area is 110 Å². The number of carbonyl (C=O) groups excluding carboxylic acids is 1. The molecule has 0 atom stereocenters. The fraction of sp³-hybridized carbons (Fsp3) is 0.231. The predicted molar refractivity (Wildman–Crippen MR) is 70.7 cm³/mol. The van der Waals surface area contributed by atoms with Crippen LogP contribution >= 0.6 is 0 Å². The molecular weight excluding hydrogens is 244 g/mol. The topological polar surface area (TPSA) is 76.9 Å². The molecule has 0 bridgehead atoms. The Morgan fingerprint density at radius 2 is 2.32 bits per heavy atom. The minimum Gasteiger partial charge on any atom is -0.323 e. The zero-order valence-corrected chi connectivity index (χ0v) is 10.5. The first kappa shape index (κ1) is 12.9. The van der Waals surface area contributed by atoms with Crippen molar-refractivity contribution in [3.63, 3.8) is 0 Å². The molecule has 0 aliphatic heterocycles. The first-order valence-corrected chi connectivity index (χ1v) is 5.94. The van der Waals surface area contributed by atoms with Crippen LogP contribution < -0.4 is 10.9 Å². The Kier molecular flexibility index (Phi) is 4.02. The standard InChI is InChI=1S/C13H14N4O2/c1-2-10-6-13(19)17(9-15-10)8-12(18)16-11-4-3-5-14-7-11/h3-7,9H,2,8H2,1H3,(H,16,18). The van der Waals surface area contributed by atoms with Crippen molar-refractivity contribution >= 4 is 11.6 Å². The summed E-state index contributed by atoms with van der Waals surface area (Å²) in [5.41, 5.74) is 1.08. The summed E-state index contributed by atoms with van der Waals surface area (Å²) in [6.45, 7) is 1.85. The summed E-state index contributed by atoms with van der Waals surface area (Å²) in [4.78, 5) is 31.5. The van der Waals surface area contributed by atoms with E-state index in [0.717, 1.165) is 0 Å². The molecule has 6 heteroatoms. The number of anilines is 1. The van der Waals surface area contributed by atoms with E-state index in [1.54, 1.807) is 24.5 Å². The summed E-state index contributed by atoms with van der Waals surface area (Å²) in [5, 5.41) is 2.66. The normalized spacial score (nSPS) is 10.2. The first-order valence-electron chi connectivity index (χ1n) is 5.94. The minimum absolute atomic E-state index is 0.0648. The van der Waals surface area contributed by atoms with Crippen LogP contribution in [0.4, 0.5) is 5.69 Å². The third kappa shape index (κ3) is 3.48. The van der Waals surface area contributed by atoms with Crippen molar-refractivity contribution in [2.75, 3.05) is 5.32 Å². The zero-order valence-electron chi connectivity index (χ0n) is 10.5. The van der Waals surface area contributed by atoms with Gasteiger partial charge in [0.15, 0.2) is 0 Å². The van der Waals surface area contributed by atoms with Crippen LogP contribution in [-0.4, -0.2) is 20.4 Å². The highest BCUT2D eigenvalue weighted by atomic mass is 16.2. The van der Waals surface area contributed by atoms with Crippen LogP contribution in [-0.2, 0) is 17.8 Å². The van der Waals surface area contributed by atoms with Crippen molar-refractivity contribution in [2.45, 2.75) is 19.9 Å². The highest BCUT2D eigenvalue weighted by Crippen LogP contribution is 2.02. The molecule has 2 aromatic heterocycles. The van der Waals surface area contributed by atoms with Gasteiger partial charge in [-0.15, -0.1) is 0 Å². The molecule has 0 aromatic carbocycles. The number of rotatable bonds is 4. The van der Waals surface area contributed by atoms with Crippen LogP contribution in [0.5, 0.6) is 0 Å². The smallest absolute Gasteiger partial charge is 0.253 e. The van der Waals surface area contributed by atoms with E-state index < -0.39 is 0 Å². The molecule has 2 rings (SSSR count). The van der Waals surface area contributed by atoms with Gasteiger partial charge >= 0.3 is 0 Å². The van der Waals surface area contributed by atoms with E-state index in [1.807, 2.05) is 6.92 Å². The van der Waals surface area contributed by atoms with E-state index in [1.165, 1.54) is 17.0 Å². The molecule has 6 nitrogen and oxygen atoms in total. The van der Waals surface area contributed by atoms with Gasteiger partial charge in [-0.1, -0.05) is 6.92 Å². The van der Waals surface area contributed by atoms with Crippen molar-refractivity contribution in [3.8, 4) is 0 Å². The second-order valence-electron chi connectivity index (χ2n) is 3.99. The van der Waals surface area contributed by atoms with Crippen molar-refractivity contribution in [1.82, 2.24) is 14.5 Å². The fourth-order valence-electron chi connectivity index (χ4n) is 1.57. The molecule has 0 aliphatic carbocycles. The van der Waals surface area contributed by atoms with Gasteiger partial charge in [0, 0.05) is 18.0 Å². The maximum Gasteiger partial charge on any atom is 0.253 e. The molecule has 0 spiro atoms. The number of amides is 1. The lowest BCUT2D eigenvalue weighted by molar-refractivity contribution is -0.116. The van der Waals surface area contributed by atoms with Gasteiger partial charge in [0.25, 0.3) is 5.56 Å². The molecule has 98 valence electrons. The summed E-state index contributed by atoms with van der Waals surface area (Å²) in [5.74, 6) is -0.291. The number of pyridine rings is 1. The van der Waals surface area contributed by atoms with Crippen molar-refractivity contribution in [3.05, 3.63) is 53.0 Å². The molecule has 1 N–H and O–H groups in total. The van der Waals surface area contributed by atoms with E-state index in [4.69, 9.17) is 0 Å². The number of nitrogens with zero attached hydrogens (tertiary/aromatic N) is 3. The van der Waals surface area contributed by atoms with E-state index in [9.17, 15) is 9.59 Å². The van der Waals surface area contributed by atoms with E-state index in [2.05, 4.69) is 15.3 Å². The number of nitrogens with one attached hydrogen (secondary N) is 1. The monoisotopic (exact) mass is 258 g/mol. The van der Waals surface area contributed by atoms with Gasteiger partial charge in [0.2, 0.25) is 5.91 Å². The van der Waals surface area contributed by atoms with E-state index in [0.29, 0.717) is 17.8 Å². The third-order valence-corrected chi connectivity index (χ3v) is 2.56. The summed E-state index contributed by atoms with van der Waals surface area (Å²) in [6, 6.07) is 4.89. The zero-order chi connectivity index (χ0) is 13.7. The van der Waals surface area contributed by atoms with E-state index >= 15 is 0 Å². The first-order chi connectivity index (χ1) is 9.19. The van der Waals surface area contributed by atoms with E-state index in [-0.39, 0.29) is 18.0 Å². The average Bonchev–Trinajstić information content (AvgIpc) is 2.42. The SMILES string of the molecule is CCc1cc(=O)n(CC(=O)Nc2cccnc2)cn1. The molecule has 0 fully saturated rings. The van der Waals surface area contributed by atoms with Crippen molar-refractivity contribution < 1.29 is 4.79 Å². The van der Waals surface area contributed by atoms with Crippen molar-refractivity contribution in [2.24, 2.45) is 0 Å². The molecule has 19 heavy (non-hydrogen) atoms. The number of aryl methyl sites for hydroxylation is 1. The lowest BCUT2D eigenvalue weighted by Gasteiger charge is -2.07. The molecule has 2 heterocycles. The maximum atomic E-state index is 11.8. The Balaban J connectivity index is 2.05. The summed E-state index contributed by atoms with van der Waals surface area (Å²) < 4.78 is 1.27. The molecule has 0 radical (unpaired) electrons. The summed E-state index contributed by atoms with van der Waals surface area (Å²) >= 11 is 0. The highest BCUT2D eigenvalue weighted by molar-refractivity contribution is 5.90. The lowest BCUT2D eigenvalue weighted by Crippen LogP contribution is -2.27. The molecule has 2 aromatic rings. The van der Waals surface area contributed by atoms with Crippen LogP contribution in [0.2, 0.25) is 0 Å². The Hall–Kier alpha value is -2.50. The number of aromatic nitrogens is 3. The Morgan fingerprint density at radius 3 is 2.95 bits per heavy atom. The minimum atomic E-state index is -0.291. The summed E-state index contributed by atoms with van der Waals surface area (Å²) in [6.07, 6.45) is 5.24. The second-order valence-corrected chi connectivity index (χ2v) is 3.99. The molecule has 0 unspecified atom stereocenters. The number of carbonyl (C=O) groups is 1. The predicted octanol–water partition coefficient (Wildman–Crippen LogP) is 0.839. The number of hydrogen-bond donors (Lipinski definition) is 1. The Bertz CT molecular complexity index is 622. The molecular formula is C13H14N4O2. The summed E-state index contributed by atoms with van der Waals surface area (Å²) in [7, 11) is 0. The quantitative estimate of drug-likeness (QED) is 0.881. The van der Waals surface area contributed by atoms with Gasteiger partial charge in [-0.05, 0) is 18.6 Å². The van der Waals surface area contributed by atoms with Gasteiger partial charge in [0.1, 0.15) is 6.54 Å². The van der Waals surface area contributed by atoms with Crippen LogP contribution in [0.1, 0.15) is 12.6 Å². The highest BCUT2D eigenvalue weighted by Gasteiger charge is 2.06. The van der Waals surface area contributed by atoms with Gasteiger partial charge < -0.3 is 5.32 Å². The second kappa shape index (κ2) is 5.90. The largest absolute Gasteiger partial charge is 0.323 e. The molecule has 1 amide bonds. The Morgan fingerprint density at radius 1 is 1.47 bits per heavy atom. The lowest BCUT2D eigenvalue weighted by atomic mass is 10.3.